The van der Waals surface area contributed by atoms with E-state index in [2.05, 4.69) is 49.9 Å². The van der Waals surface area contributed by atoms with Gasteiger partial charge in [0.05, 0.1) is 5.25 Å². The van der Waals surface area contributed by atoms with Gasteiger partial charge in [0, 0.05) is 29.6 Å². The van der Waals surface area contributed by atoms with Gasteiger partial charge >= 0.3 is 0 Å². The molecule has 0 saturated carbocycles. The van der Waals surface area contributed by atoms with E-state index in [9.17, 15) is 4.21 Å². The summed E-state index contributed by atoms with van der Waals surface area (Å²) in [4.78, 5) is 2.40. The normalized spacial score (nSPS) is 24.8. The lowest BCUT2D eigenvalue weighted by molar-refractivity contribution is 0.295. The summed E-state index contributed by atoms with van der Waals surface area (Å²) in [6.07, 6.45) is 1.12. The van der Waals surface area contributed by atoms with Gasteiger partial charge in [-0.15, -0.1) is 0 Å². The first-order chi connectivity index (χ1) is 9.10. The molecule has 2 nitrogen and oxygen atoms in total. The van der Waals surface area contributed by atoms with Crippen LogP contribution >= 0.6 is 0 Å². The third-order valence-corrected chi connectivity index (χ3v) is 5.43. The average molecular weight is 279 g/mol. The molecular weight excluding hydrogens is 254 g/mol. The Morgan fingerprint density at radius 2 is 2.00 bits per heavy atom. The van der Waals surface area contributed by atoms with Crippen molar-refractivity contribution < 1.29 is 4.21 Å². The minimum Gasteiger partial charge on any atom is -0.301 e. The van der Waals surface area contributed by atoms with E-state index in [0.717, 1.165) is 31.8 Å². The molecule has 1 fully saturated rings. The fourth-order valence-electron chi connectivity index (χ4n) is 2.65. The van der Waals surface area contributed by atoms with Gasteiger partial charge in [-0.2, -0.15) is 0 Å². The van der Waals surface area contributed by atoms with Crippen LogP contribution in [0.5, 0.6) is 0 Å². The molecule has 0 amide bonds. The van der Waals surface area contributed by atoms with E-state index in [1.54, 1.807) is 0 Å². The highest BCUT2D eigenvalue weighted by atomic mass is 32.2. The van der Waals surface area contributed by atoms with Crippen molar-refractivity contribution in [2.24, 2.45) is 5.92 Å². The fourth-order valence-corrected chi connectivity index (χ4v) is 4.21. The second kappa shape index (κ2) is 6.67. The van der Waals surface area contributed by atoms with E-state index < -0.39 is 10.8 Å². The van der Waals surface area contributed by atoms with Crippen LogP contribution < -0.4 is 0 Å². The van der Waals surface area contributed by atoms with Gasteiger partial charge in [-0.3, -0.25) is 4.21 Å². The van der Waals surface area contributed by atoms with Gasteiger partial charge in [-0.1, -0.05) is 45.0 Å². The van der Waals surface area contributed by atoms with E-state index in [1.807, 2.05) is 0 Å². The number of likely N-dealkylation sites (N-methyl/N-ethyl adjacent to an activating group) is 1. The largest absolute Gasteiger partial charge is 0.301 e. The van der Waals surface area contributed by atoms with E-state index in [-0.39, 0.29) is 5.25 Å². The highest BCUT2D eigenvalue weighted by Gasteiger charge is 2.26. The Bertz CT molecular complexity index is 427. The molecule has 106 valence electrons. The van der Waals surface area contributed by atoms with Crippen LogP contribution in [0.15, 0.2) is 24.3 Å². The van der Waals surface area contributed by atoms with Crippen molar-refractivity contribution in [3.8, 4) is 0 Å². The molecule has 1 aliphatic rings. The average Bonchev–Trinajstić information content (AvgIpc) is 2.40. The van der Waals surface area contributed by atoms with E-state index in [0.29, 0.717) is 5.92 Å². The Labute approximate surface area is 119 Å². The number of hydrogen-bond donors (Lipinski definition) is 0. The second-order valence-electron chi connectivity index (χ2n) is 5.81. The van der Waals surface area contributed by atoms with Gasteiger partial charge in [0.15, 0.2) is 0 Å². The van der Waals surface area contributed by atoms with Crippen molar-refractivity contribution in [2.45, 2.75) is 32.4 Å². The zero-order chi connectivity index (χ0) is 13.8. The molecule has 1 saturated heterocycles. The maximum Gasteiger partial charge on any atom is 0.0724 e. The van der Waals surface area contributed by atoms with Crippen LogP contribution in [0, 0.1) is 5.92 Å². The molecule has 1 aliphatic heterocycles. The van der Waals surface area contributed by atoms with Crippen LogP contribution in [0.25, 0.3) is 0 Å². The van der Waals surface area contributed by atoms with Crippen molar-refractivity contribution in [3.63, 3.8) is 0 Å². The summed E-state index contributed by atoms with van der Waals surface area (Å²) in [6.45, 7) is 9.63. The Kier molecular flexibility index (Phi) is 5.17. The van der Waals surface area contributed by atoms with Gasteiger partial charge < -0.3 is 4.90 Å². The standard InChI is InChI=1S/C16H25NOS/c1-4-17-9-10-19(18)16(12-17)15-7-5-14(6-8-15)11-13(2)3/h5-8,13,16H,4,9-12H2,1-3H3. The molecular formula is C16H25NOS. The van der Waals surface area contributed by atoms with Crippen molar-refractivity contribution in [1.29, 1.82) is 0 Å². The maximum atomic E-state index is 12.2. The molecule has 0 bridgehead atoms. The lowest BCUT2D eigenvalue weighted by Gasteiger charge is -2.31. The zero-order valence-corrected chi connectivity index (χ0v) is 13.1. The molecule has 3 heteroatoms. The molecule has 0 radical (unpaired) electrons. The monoisotopic (exact) mass is 279 g/mol. The van der Waals surface area contributed by atoms with Crippen LogP contribution in [0.2, 0.25) is 0 Å². The van der Waals surface area contributed by atoms with Crippen molar-refractivity contribution in [1.82, 2.24) is 4.90 Å². The summed E-state index contributed by atoms with van der Waals surface area (Å²) < 4.78 is 12.2. The van der Waals surface area contributed by atoms with Crippen LogP contribution in [0.4, 0.5) is 0 Å². The molecule has 1 heterocycles. The lowest BCUT2D eigenvalue weighted by Crippen LogP contribution is -2.39. The lowest BCUT2D eigenvalue weighted by atomic mass is 10.0. The summed E-state index contributed by atoms with van der Waals surface area (Å²) in [6, 6.07) is 8.77. The summed E-state index contributed by atoms with van der Waals surface area (Å²) >= 11 is 0. The van der Waals surface area contributed by atoms with Gasteiger partial charge in [0.1, 0.15) is 0 Å². The van der Waals surface area contributed by atoms with E-state index in [4.69, 9.17) is 0 Å². The van der Waals surface area contributed by atoms with Gasteiger partial charge in [-0.05, 0) is 30.0 Å². The molecule has 0 aromatic heterocycles. The predicted octanol–water partition coefficient (Wildman–Crippen LogP) is 3.01. The summed E-state index contributed by atoms with van der Waals surface area (Å²) in [7, 11) is -0.710. The van der Waals surface area contributed by atoms with Crippen LogP contribution in [0.1, 0.15) is 37.1 Å². The minimum absolute atomic E-state index is 0.196. The van der Waals surface area contributed by atoms with Gasteiger partial charge in [0.25, 0.3) is 0 Å². The van der Waals surface area contributed by atoms with Crippen LogP contribution in [-0.2, 0) is 17.2 Å². The molecule has 0 N–H and O–H groups in total. The topological polar surface area (TPSA) is 20.3 Å². The molecule has 1 aromatic rings. The second-order valence-corrected chi connectivity index (χ2v) is 7.55. The molecule has 2 atom stereocenters. The number of nitrogens with zero attached hydrogens (tertiary/aromatic N) is 1. The van der Waals surface area contributed by atoms with Gasteiger partial charge in [-0.25, -0.2) is 0 Å². The van der Waals surface area contributed by atoms with Gasteiger partial charge in [0.2, 0.25) is 0 Å². The Morgan fingerprint density at radius 1 is 1.32 bits per heavy atom. The maximum absolute atomic E-state index is 12.2. The predicted molar refractivity (Wildman–Crippen MR) is 82.8 cm³/mol. The highest BCUT2D eigenvalue weighted by Crippen LogP contribution is 2.25. The smallest absolute Gasteiger partial charge is 0.0724 e. The molecule has 0 aliphatic carbocycles. The summed E-state index contributed by atoms with van der Waals surface area (Å²) in [5, 5.41) is 0.196. The molecule has 0 spiro atoms. The van der Waals surface area contributed by atoms with E-state index in [1.165, 1.54) is 11.1 Å². The number of benzene rings is 1. The quantitative estimate of drug-likeness (QED) is 0.844. The van der Waals surface area contributed by atoms with Crippen LogP contribution in [0.3, 0.4) is 0 Å². The van der Waals surface area contributed by atoms with Crippen LogP contribution in [-0.4, -0.2) is 34.5 Å². The van der Waals surface area contributed by atoms with Crippen molar-refractivity contribution in [2.75, 3.05) is 25.4 Å². The Balaban J connectivity index is 2.09. The molecule has 1 aromatic carbocycles. The minimum atomic E-state index is -0.710. The highest BCUT2D eigenvalue weighted by molar-refractivity contribution is 7.85. The first kappa shape index (κ1) is 14.7. The first-order valence-corrected chi connectivity index (χ1v) is 8.66. The molecule has 19 heavy (non-hydrogen) atoms. The first-order valence-electron chi connectivity index (χ1n) is 7.28. The van der Waals surface area contributed by atoms with Crippen molar-refractivity contribution in [3.05, 3.63) is 35.4 Å². The third kappa shape index (κ3) is 3.90. The fraction of sp³-hybridized carbons (Fsp3) is 0.625. The Morgan fingerprint density at radius 3 is 2.58 bits per heavy atom. The number of rotatable bonds is 4. The Hall–Kier alpha value is -0.670. The van der Waals surface area contributed by atoms with Crippen molar-refractivity contribution >= 4 is 10.8 Å². The zero-order valence-electron chi connectivity index (χ0n) is 12.3. The van der Waals surface area contributed by atoms with E-state index >= 15 is 0 Å². The molecule has 2 rings (SSSR count). The third-order valence-electron chi connectivity index (χ3n) is 3.79. The molecule has 2 unspecified atom stereocenters. The SMILES string of the molecule is CCN1CCS(=O)C(c2ccc(CC(C)C)cc2)C1. The summed E-state index contributed by atoms with van der Waals surface area (Å²) in [5.74, 6) is 1.50. The summed E-state index contributed by atoms with van der Waals surface area (Å²) in [5.41, 5.74) is 2.62. The number of hydrogen-bond acceptors (Lipinski definition) is 2.